The average molecular weight is 267 g/mol. The van der Waals surface area contributed by atoms with E-state index in [2.05, 4.69) is 39.8 Å². The summed E-state index contributed by atoms with van der Waals surface area (Å²) in [6.07, 6.45) is 1.83. The summed E-state index contributed by atoms with van der Waals surface area (Å²) in [6.45, 7) is 1.97. The Hall–Kier alpha value is -2.20. The molecule has 1 aromatic heterocycles. The Labute approximate surface area is 115 Å². The van der Waals surface area contributed by atoms with Crippen molar-refractivity contribution in [3.8, 4) is 0 Å². The van der Waals surface area contributed by atoms with Gasteiger partial charge in [0.25, 0.3) is 0 Å². The summed E-state index contributed by atoms with van der Waals surface area (Å²) < 4.78 is 0. The Balaban J connectivity index is 1.85. The van der Waals surface area contributed by atoms with Gasteiger partial charge in [-0.05, 0) is 17.7 Å². The number of aromatic nitrogens is 1. The summed E-state index contributed by atoms with van der Waals surface area (Å²) in [5, 5.41) is 9.48. The van der Waals surface area contributed by atoms with Crippen LogP contribution in [0.25, 0.3) is 10.8 Å². The molecule has 0 spiro atoms. The predicted molar refractivity (Wildman–Crippen MR) is 82.0 cm³/mol. The quantitative estimate of drug-likeness (QED) is 0.574. The van der Waals surface area contributed by atoms with Crippen LogP contribution in [0.3, 0.4) is 0 Å². The molecule has 0 radical (unpaired) electrons. The van der Waals surface area contributed by atoms with E-state index >= 15 is 0 Å². The molecule has 0 aliphatic rings. The summed E-state index contributed by atoms with van der Waals surface area (Å²) in [5.74, 6) is 0. The van der Waals surface area contributed by atoms with Gasteiger partial charge in [-0.1, -0.05) is 42.5 Å². The van der Waals surface area contributed by atoms with Crippen molar-refractivity contribution in [2.45, 2.75) is 6.92 Å². The summed E-state index contributed by atoms with van der Waals surface area (Å²) in [7, 11) is 0. The van der Waals surface area contributed by atoms with Gasteiger partial charge in [-0.25, -0.2) is 4.98 Å². The highest BCUT2D eigenvalue weighted by Gasteiger charge is 1.98. The standard InChI is InChI=1S/C15H13N3S/c1-11-10-19-15(17-11)18-16-9-13-7-4-6-12-5-2-3-8-14(12)13/h2-10H,1H3,(H,17,18)/b16-9-. The molecule has 0 saturated carbocycles. The molecular formula is C15H13N3S. The van der Waals surface area contributed by atoms with Crippen LogP contribution >= 0.6 is 11.3 Å². The largest absolute Gasteiger partial charge is 0.253 e. The van der Waals surface area contributed by atoms with E-state index in [1.807, 2.05) is 36.7 Å². The summed E-state index contributed by atoms with van der Waals surface area (Å²) in [6, 6.07) is 14.5. The Bertz CT molecular complexity index is 726. The Morgan fingerprint density at radius 1 is 1.16 bits per heavy atom. The first kappa shape index (κ1) is 11.9. The molecule has 94 valence electrons. The van der Waals surface area contributed by atoms with Crippen LogP contribution < -0.4 is 5.43 Å². The summed E-state index contributed by atoms with van der Waals surface area (Å²) in [5.41, 5.74) is 5.06. The molecule has 4 heteroatoms. The fraction of sp³-hybridized carbons (Fsp3) is 0.0667. The zero-order valence-corrected chi connectivity index (χ0v) is 11.3. The van der Waals surface area contributed by atoms with Crippen molar-refractivity contribution >= 4 is 33.5 Å². The van der Waals surface area contributed by atoms with Crippen molar-refractivity contribution in [1.29, 1.82) is 0 Å². The number of nitrogens with zero attached hydrogens (tertiary/aromatic N) is 2. The minimum Gasteiger partial charge on any atom is -0.253 e. The second-order valence-electron chi connectivity index (χ2n) is 4.23. The normalized spacial score (nSPS) is 11.2. The topological polar surface area (TPSA) is 37.3 Å². The molecule has 0 aliphatic heterocycles. The van der Waals surface area contributed by atoms with Gasteiger partial charge in [0, 0.05) is 10.9 Å². The van der Waals surface area contributed by atoms with Gasteiger partial charge in [-0.3, -0.25) is 5.43 Å². The van der Waals surface area contributed by atoms with Gasteiger partial charge < -0.3 is 0 Å². The zero-order chi connectivity index (χ0) is 13.1. The fourth-order valence-corrected chi connectivity index (χ4v) is 2.56. The number of hydrazone groups is 1. The van der Waals surface area contributed by atoms with Crippen LogP contribution in [0.1, 0.15) is 11.3 Å². The first-order valence-electron chi connectivity index (χ1n) is 6.02. The molecule has 1 heterocycles. The van der Waals surface area contributed by atoms with Gasteiger partial charge in [0.2, 0.25) is 5.13 Å². The summed E-state index contributed by atoms with van der Waals surface area (Å²) in [4.78, 5) is 4.30. The Kier molecular flexibility index (Phi) is 3.25. The summed E-state index contributed by atoms with van der Waals surface area (Å²) >= 11 is 1.55. The first-order valence-corrected chi connectivity index (χ1v) is 6.90. The van der Waals surface area contributed by atoms with E-state index in [0.717, 1.165) is 16.4 Å². The molecule has 3 aromatic rings. The maximum Gasteiger partial charge on any atom is 0.203 e. The van der Waals surface area contributed by atoms with Crippen molar-refractivity contribution in [2.24, 2.45) is 5.10 Å². The maximum atomic E-state index is 4.30. The second-order valence-corrected chi connectivity index (χ2v) is 5.09. The number of fused-ring (bicyclic) bond motifs is 1. The molecule has 0 bridgehead atoms. The van der Waals surface area contributed by atoms with E-state index < -0.39 is 0 Å². The highest BCUT2D eigenvalue weighted by atomic mass is 32.1. The van der Waals surface area contributed by atoms with Crippen LogP contribution in [0.5, 0.6) is 0 Å². The van der Waals surface area contributed by atoms with Crippen molar-refractivity contribution in [1.82, 2.24) is 4.98 Å². The molecule has 1 N–H and O–H groups in total. The highest BCUT2D eigenvalue weighted by molar-refractivity contribution is 7.13. The number of thiazole rings is 1. The van der Waals surface area contributed by atoms with E-state index in [4.69, 9.17) is 0 Å². The SMILES string of the molecule is Cc1csc(N/N=C\c2cccc3ccccc23)n1. The van der Waals surface area contributed by atoms with E-state index in [1.54, 1.807) is 11.3 Å². The molecule has 19 heavy (non-hydrogen) atoms. The van der Waals surface area contributed by atoms with Gasteiger partial charge in [-0.15, -0.1) is 11.3 Å². The lowest BCUT2D eigenvalue weighted by molar-refractivity contribution is 1.22. The van der Waals surface area contributed by atoms with Gasteiger partial charge in [0.15, 0.2) is 0 Å². The van der Waals surface area contributed by atoms with Gasteiger partial charge in [0.05, 0.1) is 11.9 Å². The van der Waals surface area contributed by atoms with E-state index in [-0.39, 0.29) is 0 Å². The molecule has 3 rings (SSSR count). The molecule has 2 aromatic carbocycles. The van der Waals surface area contributed by atoms with Gasteiger partial charge in [0.1, 0.15) is 0 Å². The van der Waals surface area contributed by atoms with Crippen LogP contribution in [-0.2, 0) is 0 Å². The Morgan fingerprint density at radius 3 is 2.84 bits per heavy atom. The van der Waals surface area contributed by atoms with Crippen molar-refractivity contribution in [3.05, 3.63) is 59.1 Å². The molecule has 0 atom stereocenters. The highest BCUT2D eigenvalue weighted by Crippen LogP contribution is 2.17. The average Bonchev–Trinajstić information content (AvgIpc) is 2.85. The third-order valence-corrected chi connectivity index (χ3v) is 3.67. The molecule has 0 unspecified atom stereocenters. The van der Waals surface area contributed by atoms with Crippen LogP contribution in [0.15, 0.2) is 52.9 Å². The molecule has 0 aliphatic carbocycles. The van der Waals surface area contributed by atoms with Crippen molar-refractivity contribution in [3.63, 3.8) is 0 Å². The monoisotopic (exact) mass is 267 g/mol. The van der Waals surface area contributed by atoms with E-state index in [0.29, 0.717) is 0 Å². The molecule has 3 nitrogen and oxygen atoms in total. The van der Waals surface area contributed by atoms with Gasteiger partial charge >= 0.3 is 0 Å². The predicted octanol–water partition coefficient (Wildman–Crippen LogP) is 4.05. The third-order valence-electron chi connectivity index (χ3n) is 2.81. The number of hydrogen-bond acceptors (Lipinski definition) is 4. The Morgan fingerprint density at radius 2 is 2.00 bits per heavy atom. The number of hydrogen-bond donors (Lipinski definition) is 1. The minimum absolute atomic E-state index is 0.814. The fourth-order valence-electron chi connectivity index (χ4n) is 1.93. The lowest BCUT2D eigenvalue weighted by Gasteiger charge is -2.01. The van der Waals surface area contributed by atoms with Crippen LogP contribution in [-0.4, -0.2) is 11.2 Å². The molecule has 0 fully saturated rings. The lowest BCUT2D eigenvalue weighted by atomic mass is 10.1. The molecule has 0 amide bonds. The molecule has 0 saturated heterocycles. The van der Waals surface area contributed by atoms with E-state index in [1.165, 1.54) is 10.8 Å². The number of benzene rings is 2. The lowest BCUT2D eigenvalue weighted by Crippen LogP contribution is -1.91. The van der Waals surface area contributed by atoms with Crippen molar-refractivity contribution in [2.75, 3.05) is 5.43 Å². The molecular weight excluding hydrogens is 254 g/mol. The van der Waals surface area contributed by atoms with Crippen molar-refractivity contribution < 1.29 is 0 Å². The smallest absolute Gasteiger partial charge is 0.203 e. The van der Waals surface area contributed by atoms with Gasteiger partial charge in [-0.2, -0.15) is 5.10 Å². The maximum absolute atomic E-state index is 4.30. The zero-order valence-electron chi connectivity index (χ0n) is 10.5. The first-order chi connectivity index (χ1) is 9.33. The number of anilines is 1. The number of aryl methyl sites for hydroxylation is 1. The number of rotatable bonds is 3. The third kappa shape index (κ3) is 2.63. The van der Waals surface area contributed by atoms with Crippen LogP contribution in [0.4, 0.5) is 5.13 Å². The van der Waals surface area contributed by atoms with Crippen LogP contribution in [0, 0.1) is 6.92 Å². The number of nitrogens with one attached hydrogen (secondary N) is 1. The van der Waals surface area contributed by atoms with Crippen LogP contribution in [0.2, 0.25) is 0 Å². The minimum atomic E-state index is 0.814. The van der Waals surface area contributed by atoms with E-state index in [9.17, 15) is 0 Å². The second kappa shape index (κ2) is 5.20.